The Hall–Kier alpha value is -2.28. The summed E-state index contributed by atoms with van der Waals surface area (Å²) in [5.41, 5.74) is 4.58. The lowest BCUT2D eigenvalue weighted by molar-refractivity contribution is -0.117. The summed E-state index contributed by atoms with van der Waals surface area (Å²) >= 11 is 7.63. The fourth-order valence-electron chi connectivity index (χ4n) is 3.95. The van der Waals surface area contributed by atoms with Crippen LogP contribution < -0.4 is 5.32 Å². The third-order valence-electron chi connectivity index (χ3n) is 5.26. The molecule has 30 heavy (non-hydrogen) atoms. The number of aryl methyl sites for hydroxylation is 2. The number of likely N-dealkylation sites (tertiary alicyclic amines) is 1. The van der Waals surface area contributed by atoms with E-state index < -0.39 is 0 Å². The number of pyridine rings is 1. The molecule has 1 N–H and O–H groups in total. The Labute approximate surface area is 186 Å². The largest absolute Gasteiger partial charge is 0.301 e. The van der Waals surface area contributed by atoms with E-state index in [9.17, 15) is 4.79 Å². The SMILES string of the molecule is Cc1cc(Cc2cccc(Cl)c2)cc([C@H]2CCN(CC(=O)Nc3ncc(C)s3)C2)n1. The van der Waals surface area contributed by atoms with E-state index in [4.69, 9.17) is 16.6 Å². The zero-order chi connectivity index (χ0) is 21.1. The molecule has 0 aliphatic carbocycles. The van der Waals surface area contributed by atoms with E-state index in [2.05, 4.69) is 33.4 Å². The highest BCUT2D eigenvalue weighted by Crippen LogP contribution is 2.27. The van der Waals surface area contributed by atoms with E-state index >= 15 is 0 Å². The van der Waals surface area contributed by atoms with Crippen molar-refractivity contribution in [3.63, 3.8) is 0 Å². The number of amides is 1. The molecule has 1 saturated heterocycles. The highest BCUT2D eigenvalue weighted by Gasteiger charge is 2.26. The topological polar surface area (TPSA) is 58.1 Å². The van der Waals surface area contributed by atoms with Crippen molar-refractivity contribution in [3.8, 4) is 0 Å². The van der Waals surface area contributed by atoms with Crippen molar-refractivity contribution in [2.45, 2.75) is 32.6 Å². The Morgan fingerprint density at radius 2 is 2.13 bits per heavy atom. The van der Waals surface area contributed by atoms with Gasteiger partial charge in [-0.25, -0.2) is 4.98 Å². The number of rotatable bonds is 6. The molecule has 1 amide bonds. The second-order valence-electron chi connectivity index (χ2n) is 7.89. The molecular formula is C23H25ClN4OS. The highest BCUT2D eigenvalue weighted by molar-refractivity contribution is 7.15. The quantitative estimate of drug-likeness (QED) is 0.596. The van der Waals surface area contributed by atoms with Crippen LogP contribution in [0, 0.1) is 13.8 Å². The standard InChI is InChI=1S/C23H25ClN4OS/c1-15-8-18(9-17-4-3-5-20(24)10-17)11-21(26-15)19-6-7-28(13-19)14-22(29)27-23-25-12-16(2)30-23/h3-5,8,10-12,19H,6-7,9,13-14H2,1-2H3,(H,25,27,29)/t19-/m0/s1. The molecule has 0 saturated carbocycles. The molecule has 3 aromatic rings. The molecule has 1 fully saturated rings. The van der Waals surface area contributed by atoms with Crippen LogP contribution in [0.4, 0.5) is 5.13 Å². The number of carbonyl (C=O) groups is 1. The van der Waals surface area contributed by atoms with Crippen molar-refractivity contribution in [2.75, 3.05) is 25.0 Å². The highest BCUT2D eigenvalue weighted by atomic mass is 35.5. The zero-order valence-corrected chi connectivity index (χ0v) is 18.8. The molecule has 5 nitrogen and oxygen atoms in total. The van der Waals surface area contributed by atoms with Crippen LogP contribution in [0.25, 0.3) is 0 Å². The van der Waals surface area contributed by atoms with Gasteiger partial charge in [-0.3, -0.25) is 14.7 Å². The maximum Gasteiger partial charge on any atom is 0.240 e. The summed E-state index contributed by atoms with van der Waals surface area (Å²) in [6.45, 7) is 6.15. The van der Waals surface area contributed by atoms with Gasteiger partial charge in [-0.15, -0.1) is 11.3 Å². The lowest BCUT2D eigenvalue weighted by Gasteiger charge is -2.16. The van der Waals surface area contributed by atoms with Gasteiger partial charge in [-0.05, 0) is 68.6 Å². The van der Waals surface area contributed by atoms with Crippen LogP contribution in [-0.4, -0.2) is 40.4 Å². The first-order chi connectivity index (χ1) is 14.4. The Balaban J connectivity index is 1.38. The number of benzene rings is 1. The first-order valence-electron chi connectivity index (χ1n) is 10.1. The number of thiazole rings is 1. The molecule has 0 unspecified atom stereocenters. The minimum absolute atomic E-state index is 0.0103. The van der Waals surface area contributed by atoms with Crippen LogP contribution >= 0.6 is 22.9 Å². The van der Waals surface area contributed by atoms with Gasteiger partial charge in [0.2, 0.25) is 5.91 Å². The van der Waals surface area contributed by atoms with Gasteiger partial charge < -0.3 is 5.32 Å². The molecule has 2 aromatic heterocycles. The van der Waals surface area contributed by atoms with Gasteiger partial charge in [0.15, 0.2) is 5.13 Å². The van der Waals surface area contributed by atoms with Crippen molar-refractivity contribution >= 4 is 34.0 Å². The van der Waals surface area contributed by atoms with Gasteiger partial charge in [-0.2, -0.15) is 0 Å². The van der Waals surface area contributed by atoms with Gasteiger partial charge in [0.1, 0.15) is 0 Å². The third kappa shape index (κ3) is 5.45. The van der Waals surface area contributed by atoms with Gasteiger partial charge in [-0.1, -0.05) is 23.7 Å². The van der Waals surface area contributed by atoms with Crippen LogP contribution in [0.1, 0.15) is 39.7 Å². The van der Waals surface area contributed by atoms with Gasteiger partial charge >= 0.3 is 0 Å². The molecule has 7 heteroatoms. The maximum atomic E-state index is 12.3. The van der Waals surface area contributed by atoms with E-state index in [0.29, 0.717) is 17.6 Å². The number of aromatic nitrogens is 2. The monoisotopic (exact) mass is 440 g/mol. The molecule has 0 bridgehead atoms. The summed E-state index contributed by atoms with van der Waals surface area (Å²) in [6.07, 6.45) is 3.62. The Morgan fingerprint density at radius 1 is 1.27 bits per heavy atom. The Kier molecular flexibility index (Phi) is 6.46. The minimum Gasteiger partial charge on any atom is -0.301 e. The predicted octanol–water partition coefficient (Wildman–Crippen LogP) is 4.83. The number of nitrogens with one attached hydrogen (secondary N) is 1. The molecule has 0 spiro atoms. The third-order valence-corrected chi connectivity index (χ3v) is 6.32. The van der Waals surface area contributed by atoms with Gasteiger partial charge in [0.25, 0.3) is 0 Å². The van der Waals surface area contributed by atoms with Gasteiger partial charge in [0.05, 0.1) is 6.54 Å². The second-order valence-corrected chi connectivity index (χ2v) is 9.56. The molecule has 0 radical (unpaired) electrons. The number of hydrogen-bond donors (Lipinski definition) is 1. The second kappa shape index (κ2) is 9.25. The zero-order valence-electron chi connectivity index (χ0n) is 17.2. The number of carbonyl (C=O) groups excluding carboxylic acids is 1. The first-order valence-corrected chi connectivity index (χ1v) is 11.3. The average molecular weight is 441 g/mol. The summed E-state index contributed by atoms with van der Waals surface area (Å²) in [7, 11) is 0. The lowest BCUT2D eigenvalue weighted by atomic mass is 9.98. The smallest absolute Gasteiger partial charge is 0.240 e. The van der Waals surface area contributed by atoms with Crippen molar-refractivity contribution in [3.05, 3.63) is 75.0 Å². The summed E-state index contributed by atoms with van der Waals surface area (Å²) in [4.78, 5) is 24.6. The lowest BCUT2D eigenvalue weighted by Crippen LogP contribution is -2.31. The average Bonchev–Trinajstić information content (AvgIpc) is 3.30. The fourth-order valence-corrected chi connectivity index (χ4v) is 4.85. The summed E-state index contributed by atoms with van der Waals surface area (Å²) in [5, 5.41) is 4.32. The van der Waals surface area contributed by atoms with Gasteiger partial charge in [0, 0.05) is 39.9 Å². The fraction of sp³-hybridized carbons (Fsp3) is 0.348. The molecule has 4 rings (SSSR count). The van der Waals surface area contributed by atoms with Crippen LogP contribution in [0.15, 0.2) is 42.6 Å². The van der Waals surface area contributed by atoms with Crippen molar-refractivity contribution < 1.29 is 4.79 Å². The molecular weight excluding hydrogens is 416 g/mol. The van der Waals surface area contributed by atoms with E-state index in [1.54, 1.807) is 6.20 Å². The van der Waals surface area contributed by atoms with E-state index in [-0.39, 0.29) is 5.91 Å². The minimum atomic E-state index is -0.0103. The van der Waals surface area contributed by atoms with Crippen LogP contribution in [-0.2, 0) is 11.2 Å². The molecule has 1 aromatic carbocycles. The summed E-state index contributed by atoms with van der Waals surface area (Å²) in [6, 6.07) is 12.3. The number of nitrogens with zero attached hydrogens (tertiary/aromatic N) is 3. The van der Waals surface area contributed by atoms with E-state index in [1.165, 1.54) is 22.5 Å². The summed E-state index contributed by atoms with van der Waals surface area (Å²) in [5.74, 6) is 0.335. The maximum absolute atomic E-state index is 12.3. The molecule has 1 aliphatic rings. The molecule has 156 valence electrons. The molecule has 1 aliphatic heterocycles. The van der Waals surface area contributed by atoms with Crippen molar-refractivity contribution in [1.29, 1.82) is 0 Å². The van der Waals surface area contributed by atoms with Crippen LogP contribution in [0.5, 0.6) is 0 Å². The van der Waals surface area contributed by atoms with Crippen LogP contribution in [0.2, 0.25) is 5.02 Å². The number of halogens is 1. The predicted molar refractivity (Wildman–Crippen MR) is 123 cm³/mol. The Morgan fingerprint density at radius 3 is 2.90 bits per heavy atom. The van der Waals surface area contributed by atoms with Crippen LogP contribution in [0.3, 0.4) is 0 Å². The van der Waals surface area contributed by atoms with E-state index in [1.807, 2.05) is 32.0 Å². The number of anilines is 1. The normalized spacial score (nSPS) is 16.7. The van der Waals surface area contributed by atoms with Crippen molar-refractivity contribution in [1.82, 2.24) is 14.9 Å². The first kappa shape index (κ1) is 21.0. The van der Waals surface area contributed by atoms with E-state index in [0.717, 1.165) is 47.2 Å². The molecule has 3 heterocycles. The Bertz CT molecular complexity index is 1050. The summed E-state index contributed by atoms with van der Waals surface area (Å²) < 4.78 is 0. The van der Waals surface area contributed by atoms with Crippen molar-refractivity contribution in [2.24, 2.45) is 0 Å². The number of hydrogen-bond acceptors (Lipinski definition) is 5. The molecule has 1 atom stereocenters.